The van der Waals surface area contributed by atoms with E-state index in [1.54, 1.807) is 0 Å². The summed E-state index contributed by atoms with van der Waals surface area (Å²) in [7, 11) is -2.83. The van der Waals surface area contributed by atoms with Crippen molar-refractivity contribution in [2.24, 2.45) is 0 Å². The van der Waals surface area contributed by atoms with Gasteiger partial charge in [0.2, 0.25) is 0 Å². The third-order valence-corrected chi connectivity index (χ3v) is 5.37. The Morgan fingerprint density at radius 3 is 1.60 bits per heavy atom. The minimum absolute atomic E-state index is 0.565. The lowest BCUT2D eigenvalue weighted by molar-refractivity contribution is 0.199. The first-order valence-corrected chi connectivity index (χ1v) is 10.3. The van der Waals surface area contributed by atoms with E-state index in [1.807, 2.05) is 0 Å². The Bertz CT molecular complexity index is 230. The van der Waals surface area contributed by atoms with Crippen molar-refractivity contribution in [2.75, 3.05) is 19.4 Å². The molecule has 0 atom stereocenters. The van der Waals surface area contributed by atoms with E-state index in [1.165, 1.54) is 25.7 Å². The van der Waals surface area contributed by atoms with Crippen LogP contribution in [0.5, 0.6) is 0 Å². The molecule has 0 saturated heterocycles. The van der Waals surface area contributed by atoms with Crippen molar-refractivity contribution < 1.29 is 13.6 Å². The summed E-state index contributed by atoms with van der Waals surface area (Å²) in [5.41, 5.74) is 0. The van der Waals surface area contributed by atoms with Crippen molar-refractivity contribution in [3.8, 4) is 0 Å². The van der Waals surface area contributed by atoms with E-state index >= 15 is 0 Å². The van der Waals surface area contributed by atoms with Gasteiger partial charge in [0.1, 0.15) is 0 Å². The maximum absolute atomic E-state index is 12.6. The molecule has 0 amide bonds. The van der Waals surface area contributed by atoms with Gasteiger partial charge in [0.25, 0.3) is 0 Å². The van der Waals surface area contributed by atoms with Crippen molar-refractivity contribution in [3.63, 3.8) is 0 Å². The van der Waals surface area contributed by atoms with Crippen molar-refractivity contribution >= 4 is 7.60 Å². The molecule has 0 aromatic rings. The summed E-state index contributed by atoms with van der Waals surface area (Å²) >= 11 is 0. The van der Waals surface area contributed by atoms with Gasteiger partial charge in [0.15, 0.2) is 0 Å². The molecule has 122 valence electrons. The number of unbranched alkanes of at least 4 members (excludes halogenated alkanes) is 7. The summed E-state index contributed by atoms with van der Waals surface area (Å²) in [5, 5.41) is 0. The summed E-state index contributed by atoms with van der Waals surface area (Å²) in [6.45, 7) is 7.57. The molecule has 0 bridgehead atoms. The Labute approximate surface area is 126 Å². The first-order chi connectivity index (χ1) is 9.68. The minimum Gasteiger partial charge on any atom is -0.309 e. The molecule has 0 rings (SSSR count). The second kappa shape index (κ2) is 14.1. The zero-order chi connectivity index (χ0) is 15.1. The second-order valence-corrected chi connectivity index (χ2v) is 7.66. The fraction of sp³-hybridized carbons (Fsp3) is 1.00. The molecule has 0 saturated carbocycles. The van der Waals surface area contributed by atoms with Crippen molar-refractivity contribution in [1.29, 1.82) is 0 Å². The lowest BCUT2D eigenvalue weighted by Crippen LogP contribution is -2.03. The van der Waals surface area contributed by atoms with E-state index in [9.17, 15) is 4.57 Å². The molecule has 0 radical (unpaired) electrons. The van der Waals surface area contributed by atoms with E-state index in [2.05, 4.69) is 20.8 Å². The molecular formula is C16H35O3P. The fourth-order valence-corrected chi connectivity index (χ4v) is 3.71. The van der Waals surface area contributed by atoms with Crippen LogP contribution in [-0.2, 0) is 13.6 Å². The molecule has 0 spiro atoms. The van der Waals surface area contributed by atoms with Gasteiger partial charge >= 0.3 is 7.60 Å². The molecule has 0 unspecified atom stereocenters. The summed E-state index contributed by atoms with van der Waals surface area (Å²) in [6.07, 6.45) is 11.8. The van der Waals surface area contributed by atoms with Crippen LogP contribution in [0.2, 0.25) is 0 Å². The van der Waals surface area contributed by atoms with Crippen LogP contribution in [0.3, 0.4) is 0 Å². The third-order valence-electron chi connectivity index (χ3n) is 3.36. The van der Waals surface area contributed by atoms with Crippen LogP contribution in [0.1, 0.15) is 85.0 Å². The first-order valence-electron chi connectivity index (χ1n) is 8.56. The van der Waals surface area contributed by atoms with Crippen LogP contribution in [0, 0.1) is 0 Å². The highest BCUT2D eigenvalue weighted by Crippen LogP contribution is 2.49. The van der Waals surface area contributed by atoms with Crippen molar-refractivity contribution in [1.82, 2.24) is 0 Å². The Hall–Kier alpha value is 0.150. The largest absolute Gasteiger partial charge is 0.330 e. The van der Waals surface area contributed by atoms with E-state index in [-0.39, 0.29) is 0 Å². The van der Waals surface area contributed by atoms with Gasteiger partial charge in [0, 0.05) is 0 Å². The monoisotopic (exact) mass is 306 g/mol. The average molecular weight is 306 g/mol. The molecule has 0 aliphatic carbocycles. The summed E-state index contributed by atoms with van der Waals surface area (Å²) in [6, 6.07) is 0. The van der Waals surface area contributed by atoms with E-state index in [0.29, 0.717) is 19.4 Å². The molecule has 20 heavy (non-hydrogen) atoms. The highest BCUT2D eigenvalue weighted by molar-refractivity contribution is 7.53. The molecule has 0 N–H and O–H groups in total. The molecule has 0 heterocycles. The van der Waals surface area contributed by atoms with Crippen molar-refractivity contribution in [3.05, 3.63) is 0 Å². The van der Waals surface area contributed by atoms with Crippen LogP contribution in [0.15, 0.2) is 0 Å². The summed E-state index contributed by atoms with van der Waals surface area (Å²) in [5.74, 6) is 0. The van der Waals surface area contributed by atoms with Crippen molar-refractivity contribution in [2.45, 2.75) is 85.0 Å². The maximum Gasteiger partial charge on any atom is 0.330 e. The first kappa shape index (κ1) is 20.1. The Balaban J connectivity index is 3.93. The molecular weight excluding hydrogens is 271 g/mol. The van der Waals surface area contributed by atoms with E-state index in [0.717, 1.165) is 38.5 Å². The smallest absolute Gasteiger partial charge is 0.309 e. The van der Waals surface area contributed by atoms with Crippen LogP contribution >= 0.6 is 7.60 Å². The third kappa shape index (κ3) is 11.9. The molecule has 0 aliphatic rings. The topological polar surface area (TPSA) is 35.5 Å². The number of rotatable bonds is 15. The molecule has 4 heteroatoms. The van der Waals surface area contributed by atoms with Gasteiger partial charge in [0.05, 0.1) is 19.4 Å². The molecule has 0 aromatic heterocycles. The highest BCUT2D eigenvalue weighted by atomic mass is 31.2. The quantitative estimate of drug-likeness (QED) is 0.268. The van der Waals surface area contributed by atoms with Gasteiger partial charge in [-0.1, -0.05) is 65.7 Å². The Kier molecular flexibility index (Phi) is 14.2. The standard InChI is InChI=1S/C16H35O3P/c1-4-7-10-11-12-13-16-20(17,18-14-8-5-2)19-15-9-6-3/h4-16H2,1-3H3. The van der Waals surface area contributed by atoms with E-state index in [4.69, 9.17) is 9.05 Å². The molecule has 3 nitrogen and oxygen atoms in total. The Morgan fingerprint density at radius 2 is 1.10 bits per heavy atom. The van der Waals surface area contributed by atoms with Gasteiger partial charge in [-0.3, -0.25) is 4.57 Å². The predicted octanol–water partition coefficient (Wildman–Crippen LogP) is 6.17. The second-order valence-electron chi connectivity index (χ2n) is 5.48. The fourth-order valence-electron chi connectivity index (χ4n) is 1.95. The lowest BCUT2D eigenvalue weighted by Gasteiger charge is -2.18. The minimum atomic E-state index is -2.83. The van der Waals surface area contributed by atoms with Gasteiger partial charge < -0.3 is 9.05 Å². The number of hydrogen-bond acceptors (Lipinski definition) is 3. The SMILES string of the molecule is CCCCCCCCP(=O)(OCCCC)OCCCC. The van der Waals surface area contributed by atoms with Gasteiger partial charge in [-0.15, -0.1) is 0 Å². The van der Waals surface area contributed by atoms with Gasteiger partial charge in [-0.25, -0.2) is 0 Å². The zero-order valence-electron chi connectivity index (χ0n) is 13.9. The summed E-state index contributed by atoms with van der Waals surface area (Å²) < 4.78 is 23.8. The normalized spacial score (nSPS) is 11.9. The van der Waals surface area contributed by atoms with Crippen LogP contribution in [-0.4, -0.2) is 19.4 Å². The summed E-state index contributed by atoms with van der Waals surface area (Å²) in [4.78, 5) is 0. The highest BCUT2D eigenvalue weighted by Gasteiger charge is 2.23. The van der Waals surface area contributed by atoms with Crippen LogP contribution in [0.25, 0.3) is 0 Å². The molecule has 0 fully saturated rings. The van der Waals surface area contributed by atoms with Crippen LogP contribution < -0.4 is 0 Å². The zero-order valence-corrected chi connectivity index (χ0v) is 14.8. The number of hydrogen-bond donors (Lipinski definition) is 0. The van der Waals surface area contributed by atoms with Gasteiger partial charge in [-0.05, 0) is 19.3 Å². The molecule has 0 aliphatic heterocycles. The van der Waals surface area contributed by atoms with E-state index < -0.39 is 7.60 Å². The average Bonchev–Trinajstić information content (AvgIpc) is 2.43. The Morgan fingerprint density at radius 1 is 0.650 bits per heavy atom. The lowest BCUT2D eigenvalue weighted by atomic mass is 10.1. The van der Waals surface area contributed by atoms with Gasteiger partial charge in [-0.2, -0.15) is 0 Å². The predicted molar refractivity (Wildman–Crippen MR) is 87.6 cm³/mol. The molecule has 0 aromatic carbocycles. The van der Waals surface area contributed by atoms with Crippen LogP contribution in [0.4, 0.5) is 0 Å². The maximum atomic E-state index is 12.6.